The molecule has 2 heteroatoms. The van der Waals surface area contributed by atoms with Gasteiger partial charge in [0, 0.05) is 11.8 Å². The van der Waals surface area contributed by atoms with E-state index in [9.17, 15) is 0 Å². The fraction of sp³-hybridized carbons (Fsp3) is 0.577. The van der Waals surface area contributed by atoms with Gasteiger partial charge in [0.25, 0.3) is 0 Å². The highest BCUT2D eigenvalue weighted by atomic mass is 28.3. The Morgan fingerprint density at radius 1 is 0.893 bits per heavy atom. The van der Waals surface area contributed by atoms with Crippen molar-refractivity contribution in [2.24, 2.45) is 29.6 Å². The predicted molar refractivity (Wildman–Crippen MR) is 122 cm³/mol. The van der Waals surface area contributed by atoms with Gasteiger partial charge in [-0.05, 0) is 84.4 Å². The summed E-state index contributed by atoms with van der Waals surface area (Å²) in [5.41, 5.74) is 4.04. The Bertz CT molecular complexity index is 822. The first-order chi connectivity index (χ1) is 13.4. The molecule has 148 valence electrons. The number of aromatic nitrogens is 1. The number of nitrogens with zero attached hydrogens (tertiary/aromatic N) is 1. The molecule has 2 aromatic rings. The third-order valence-electron chi connectivity index (χ3n) is 8.18. The molecular weight excluding hydrogens is 354 g/mol. The van der Waals surface area contributed by atoms with Crippen molar-refractivity contribution in [3.63, 3.8) is 0 Å². The SMILES string of the molecule is CC(c1cc(-c2ccccc2)ncc1[Si](C)(C)C)C1C2CC3CC(C2)CC1C3. The summed E-state index contributed by atoms with van der Waals surface area (Å²) in [7, 11) is -1.43. The van der Waals surface area contributed by atoms with E-state index >= 15 is 0 Å². The maximum absolute atomic E-state index is 4.93. The highest BCUT2D eigenvalue weighted by molar-refractivity contribution is 6.89. The summed E-state index contributed by atoms with van der Waals surface area (Å²) >= 11 is 0. The molecule has 28 heavy (non-hydrogen) atoms. The van der Waals surface area contributed by atoms with Gasteiger partial charge in [0.15, 0.2) is 0 Å². The molecule has 4 fully saturated rings. The third kappa shape index (κ3) is 3.18. The minimum absolute atomic E-state index is 0.669. The van der Waals surface area contributed by atoms with Gasteiger partial charge in [-0.1, -0.05) is 56.9 Å². The van der Waals surface area contributed by atoms with Crippen molar-refractivity contribution in [2.75, 3.05) is 0 Å². The molecule has 1 aromatic carbocycles. The highest BCUT2D eigenvalue weighted by Crippen LogP contribution is 2.59. The van der Waals surface area contributed by atoms with Gasteiger partial charge in [0.05, 0.1) is 13.8 Å². The lowest BCUT2D eigenvalue weighted by Gasteiger charge is -2.56. The van der Waals surface area contributed by atoms with Crippen LogP contribution in [0.2, 0.25) is 19.6 Å². The lowest BCUT2D eigenvalue weighted by molar-refractivity contribution is -0.0454. The van der Waals surface area contributed by atoms with Crippen molar-refractivity contribution in [3.8, 4) is 11.3 Å². The number of pyridine rings is 1. The van der Waals surface area contributed by atoms with Gasteiger partial charge in [-0.3, -0.25) is 4.98 Å². The maximum Gasteiger partial charge on any atom is 0.0799 e. The average molecular weight is 390 g/mol. The lowest BCUT2D eigenvalue weighted by atomic mass is 9.49. The van der Waals surface area contributed by atoms with Gasteiger partial charge in [0.2, 0.25) is 0 Å². The molecule has 0 aliphatic heterocycles. The van der Waals surface area contributed by atoms with E-state index < -0.39 is 8.07 Å². The van der Waals surface area contributed by atoms with E-state index in [0.717, 1.165) is 35.3 Å². The molecule has 1 atom stereocenters. The summed E-state index contributed by atoms with van der Waals surface area (Å²) in [4.78, 5) is 4.93. The minimum atomic E-state index is -1.43. The normalized spacial score (nSPS) is 32.5. The summed E-state index contributed by atoms with van der Waals surface area (Å²) in [5.74, 6) is 5.64. The zero-order valence-electron chi connectivity index (χ0n) is 18.0. The molecule has 4 saturated carbocycles. The van der Waals surface area contributed by atoms with Gasteiger partial charge in [-0.2, -0.15) is 0 Å². The van der Waals surface area contributed by atoms with Crippen LogP contribution in [0.4, 0.5) is 0 Å². The van der Waals surface area contributed by atoms with E-state index in [1.54, 1.807) is 17.2 Å². The average Bonchev–Trinajstić information content (AvgIpc) is 2.66. The van der Waals surface area contributed by atoms with Crippen molar-refractivity contribution in [2.45, 2.75) is 64.6 Å². The molecule has 0 radical (unpaired) electrons. The van der Waals surface area contributed by atoms with Crippen molar-refractivity contribution in [1.29, 1.82) is 0 Å². The van der Waals surface area contributed by atoms with Crippen LogP contribution in [0, 0.1) is 29.6 Å². The van der Waals surface area contributed by atoms with Crippen LogP contribution in [0.1, 0.15) is 50.5 Å². The summed E-state index contributed by atoms with van der Waals surface area (Å²) in [6.45, 7) is 10.0. The van der Waals surface area contributed by atoms with Gasteiger partial charge in [-0.25, -0.2) is 0 Å². The smallest absolute Gasteiger partial charge is 0.0799 e. The molecule has 0 N–H and O–H groups in total. The van der Waals surface area contributed by atoms with Gasteiger partial charge in [-0.15, -0.1) is 0 Å². The van der Waals surface area contributed by atoms with Crippen molar-refractivity contribution < 1.29 is 0 Å². The third-order valence-corrected chi connectivity index (χ3v) is 10.2. The summed E-state index contributed by atoms with van der Waals surface area (Å²) in [6, 6.07) is 13.2. The molecule has 1 unspecified atom stereocenters. The first kappa shape index (κ1) is 18.6. The quantitative estimate of drug-likeness (QED) is 0.546. The molecule has 1 nitrogen and oxygen atoms in total. The molecule has 4 bridgehead atoms. The molecule has 1 heterocycles. The first-order valence-electron chi connectivity index (χ1n) is 11.5. The molecule has 4 aliphatic rings. The first-order valence-corrected chi connectivity index (χ1v) is 15.0. The molecule has 0 saturated heterocycles. The largest absolute Gasteiger partial charge is 0.256 e. The topological polar surface area (TPSA) is 12.9 Å². The Morgan fingerprint density at radius 3 is 2.07 bits per heavy atom. The van der Waals surface area contributed by atoms with E-state index in [2.05, 4.69) is 69.2 Å². The summed E-state index contributed by atoms with van der Waals surface area (Å²) < 4.78 is 0. The van der Waals surface area contributed by atoms with Crippen molar-refractivity contribution in [1.82, 2.24) is 4.98 Å². The standard InChI is InChI=1S/C26H35NSi/c1-17(26-21-11-18-10-19(13-21)14-22(26)12-18)23-15-24(20-8-6-5-7-9-20)27-16-25(23)28(2,3)4/h5-9,15-19,21-22,26H,10-14H2,1-4H3. The van der Waals surface area contributed by atoms with Crippen LogP contribution in [0.3, 0.4) is 0 Å². The van der Waals surface area contributed by atoms with Crippen LogP contribution in [0.5, 0.6) is 0 Å². The molecule has 6 rings (SSSR count). The van der Waals surface area contributed by atoms with Crippen LogP contribution >= 0.6 is 0 Å². The Kier molecular flexibility index (Phi) is 4.54. The molecular formula is C26H35NSi. The van der Waals surface area contributed by atoms with Crippen molar-refractivity contribution in [3.05, 3.63) is 48.2 Å². The Labute approximate surface area is 172 Å². The zero-order valence-corrected chi connectivity index (χ0v) is 19.0. The molecule has 4 aliphatic carbocycles. The summed E-state index contributed by atoms with van der Waals surface area (Å²) in [5, 5.41) is 1.59. The Balaban J connectivity index is 1.55. The fourth-order valence-electron chi connectivity index (χ4n) is 7.23. The van der Waals surface area contributed by atoms with E-state index in [1.807, 2.05) is 0 Å². The molecule has 1 aromatic heterocycles. The second-order valence-electron chi connectivity index (χ2n) is 11.1. The fourth-order valence-corrected chi connectivity index (χ4v) is 8.85. The van der Waals surface area contributed by atoms with Crippen LogP contribution in [-0.2, 0) is 0 Å². The Hall–Kier alpha value is -1.41. The zero-order chi connectivity index (χ0) is 19.5. The van der Waals surface area contributed by atoms with E-state index in [1.165, 1.54) is 31.2 Å². The van der Waals surface area contributed by atoms with Gasteiger partial charge < -0.3 is 0 Å². The number of hydrogen-bond acceptors (Lipinski definition) is 1. The van der Waals surface area contributed by atoms with Crippen molar-refractivity contribution >= 4 is 13.3 Å². The maximum atomic E-state index is 4.93. The summed E-state index contributed by atoms with van der Waals surface area (Å²) in [6.07, 6.45) is 9.85. The van der Waals surface area contributed by atoms with E-state index in [4.69, 9.17) is 4.98 Å². The van der Waals surface area contributed by atoms with Gasteiger partial charge >= 0.3 is 0 Å². The van der Waals surface area contributed by atoms with Crippen LogP contribution in [-0.4, -0.2) is 13.1 Å². The molecule has 0 spiro atoms. The van der Waals surface area contributed by atoms with Crippen LogP contribution in [0.25, 0.3) is 11.3 Å². The number of benzene rings is 1. The number of hydrogen-bond donors (Lipinski definition) is 0. The Morgan fingerprint density at radius 2 is 1.50 bits per heavy atom. The molecule has 0 amide bonds. The van der Waals surface area contributed by atoms with Crippen LogP contribution < -0.4 is 5.19 Å². The highest BCUT2D eigenvalue weighted by Gasteiger charge is 2.50. The monoisotopic (exact) mass is 389 g/mol. The second kappa shape index (κ2) is 6.83. The second-order valence-corrected chi connectivity index (χ2v) is 16.1. The van der Waals surface area contributed by atoms with Crippen LogP contribution in [0.15, 0.2) is 42.6 Å². The van der Waals surface area contributed by atoms with E-state index in [0.29, 0.717) is 5.92 Å². The lowest BCUT2D eigenvalue weighted by Crippen LogP contribution is -2.48. The minimum Gasteiger partial charge on any atom is -0.256 e. The predicted octanol–water partition coefficient (Wildman–Crippen LogP) is 6.47. The van der Waals surface area contributed by atoms with E-state index in [-0.39, 0.29) is 0 Å². The number of rotatable bonds is 4. The van der Waals surface area contributed by atoms with Gasteiger partial charge in [0.1, 0.15) is 0 Å².